The zero-order valence-electron chi connectivity index (χ0n) is 18.7. The molecule has 178 valence electrons. The highest BCUT2D eigenvalue weighted by Crippen LogP contribution is 2.55. The Bertz CT molecular complexity index is 1450. The van der Waals surface area contributed by atoms with E-state index in [2.05, 4.69) is 21.9 Å². The minimum atomic E-state index is -0.380. The Balaban J connectivity index is 1.28. The summed E-state index contributed by atoms with van der Waals surface area (Å²) in [6.45, 7) is 4.96. The van der Waals surface area contributed by atoms with Gasteiger partial charge in [0, 0.05) is 19.1 Å². The Morgan fingerprint density at radius 2 is 2.14 bits per heavy atom. The lowest BCUT2D eigenvalue weighted by atomic mass is 9.64. The monoisotopic (exact) mass is 491 g/mol. The number of halogens is 1. The molecule has 1 aliphatic heterocycles. The van der Waals surface area contributed by atoms with E-state index in [1.165, 1.54) is 29.9 Å². The zero-order valence-corrected chi connectivity index (χ0v) is 19.6. The van der Waals surface area contributed by atoms with Crippen LogP contribution in [0.15, 0.2) is 60.0 Å². The molecule has 1 saturated heterocycles. The molecule has 10 heteroatoms. The summed E-state index contributed by atoms with van der Waals surface area (Å²) in [4.78, 5) is 36.7. The summed E-state index contributed by atoms with van der Waals surface area (Å²) in [6, 6.07) is 8.25. The third kappa shape index (κ3) is 3.65. The average molecular weight is 492 g/mol. The van der Waals surface area contributed by atoms with Crippen LogP contribution in [0.4, 0.5) is 10.3 Å². The van der Waals surface area contributed by atoms with Gasteiger partial charge in [-0.2, -0.15) is 0 Å². The first kappa shape index (κ1) is 21.7. The van der Waals surface area contributed by atoms with Crippen LogP contribution in [0.5, 0.6) is 0 Å². The van der Waals surface area contributed by atoms with Crippen LogP contribution < -0.4 is 5.32 Å². The molecule has 2 aliphatic rings. The smallest absolute Gasteiger partial charge is 0.268 e. The van der Waals surface area contributed by atoms with E-state index >= 15 is 0 Å². The second-order valence-corrected chi connectivity index (χ2v) is 10.3. The average Bonchev–Trinajstić information content (AvgIpc) is 3.62. The van der Waals surface area contributed by atoms with Crippen LogP contribution >= 0.6 is 11.3 Å². The number of imidazole rings is 1. The minimum Gasteiger partial charge on any atom is -0.443 e. The molecular weight excluding hydrogens is 469 g/mol. The fraction of sp³-hybridized carbons (Fsp3) is 0.280. The van der Waals surface area contributed by atoms with Gasteiger partial charge in [0.25, 0.3) is 5.91 Å². The van der Waals surface area contributed by atoms with Crippen LogP contribution in [0, 0.1) is 11.2 Å². The highest BCUT2D eigenvalue weighted by molar-refractivity contribution is 7.17. The Morgan fingerprint density at radius 1 is 1.29 bits per heavy atom. The van der Waals surface area contributed by atoms with Crippen LogP contribution in [0.2, 0.25) is 0 Å². The molecule has 2 fully saturated rings. The summed E-state index contributed by atoms with van der Waals surface area (Å²) in [5.41, 5.74) is 0.879. The highest BCUT2D eigenvalue weighted by atomic mass is 32.1. The van der Waals surface area contributed by atoms with E-state index < -0.39 is 0 Å². The van der Waals surface area contributed by atoms with Gasteiger partial charge in [0.2, 0.25) is 11.9 Å². The van der Waals surface area contributed by atoms with Crippen molar-refractivity contribution < 1.29 is 18.4 Å². The molecule has 1 aromatic carbocycles. The molecule has 6 rings (SSSR count). The number of nitrogens with one attached hydrogen (secondary N) is 1. The number of hydrogen-bond donors (Lipinski definition) is 1. The number of amides is 2. The summed E-state index contributed by atoms with van der Waals surface area (Å²) in [5.74, 6) is 0.147. The van der Waals surface area contributed by atoms with Crippen molar-refractivity contribution in [2.45, 2.75) is 25.3 Å². The first-order valence-electron chi connectivity index (χ1n) is 11.3. The number of benzene rings is 1. The van der Waals surface area contributed by atoms with Gasteiger partial charge in [-0.25, -0.2) is 14.4 Å². The van der Waals surface area contributed by atoms with Gasteiger partial charge in [-0.05, 0) is 55.0 Å². The van der Waals surface area contributed by atoms with Crippen LogP contribution in [-0.4, -0.2) is 44.3 Å². The molecule has 1 N–H and O–H groups in total. The van der Waals surface area contributed by atoms with Crippen LogP contribution in [0.3, 0.4) is 0 Å². The van der Waals surface area contributed by atoms with Gasteiger partial charge in [0.15, 0.2) is 12.2 Å². The van der Waals surface area contributed by atoms with E-state index in [9.17, 15) is 14.0 Å². The van der Waals surface area contributed by atoms with E-state index in [-0.39, 0.29) is 29.1 Å². The molecule has 1 spiro atoms. The van der Waals surface area contributed by atoms with Crippen molar-refractivity contribution >= 4 is 40.1 Å². The zero-order chi connectivity index (χ0) is 24.2. The van der Waals surface area contributed by atoms with Crippen molar-refractivity contribution in [2.75, 3.05) is 18.4 Å². The summed E-state index contributed by atoms with van der Waals surface area (Å²) in [6.07, 6.45) is 6.75. The maximum atomic E-state index is 14.9. The number of fused-ring (bicyclic) bond motifs is 1. The largest absolute Gasteiger partial charge is 0.443 e. The van der Waals surface area contributed by atoms with Gasteiger partial charge < -0.3 is 13.9 Å². The van der Waals surface area contributed by atoms with Crippen molar-refractivity contribution in [3.05, 3.63) is 66.3 Å². The second kappa shape index (κ2) is 8.16. The van der Waals surface area contributed by atoms with Crippen LogP contribution in [-0.2, 0) is 4.79 Å². The van der Waals surface area contributed by atoms with Crippen LogP contribution in [0.25, 0.3) is 21.7 Å². The fourth-order valence-electron chi connectivity index (χ4n) is 5.35. The number of para-hydroxylation sites is 1. The number of carbonyl (C=O) groups excluding carboxylic acids is 2. The van der Waals surface area contributed by atoms with Gasteiger partial charge in [0.1, 0.15) is 11.3 Å². The van der Waals surface area contributed by atoms with Crippen molar-refractivity contribution in [2.24, 2.45) is 5.41 Å². The molecule has 4 aromatic rings. The van der Waals surface area contributed by atoms with Crippen molar-refractivity contribution in [1.82, 2.24) is 19.4 Å². The van der Waals surface area contributed by atoms with E-state index in [1.807, 2.05) is 9.47 Å². The Labute approximate surface area is 204 Å². The lowest BCUT2D eigenvalue weighted by Crippen LogP contribution is -2.42. The van der Waals surface area contributed by atoms with Gasteiger partial charge in [-0.15, -0.1) is 11.3 Å². The standard InChI is InChI=1S/C25H22FN5O3S/c1-2-21(32)30-9-8-25(13-30)10-15(11-25)31-22-16(26)4-3-5-17(22)28-24(31)29-23(33)20-7-6-19(35-20)18-12-27-14-34-18/h2-7,12,14-15H,1,8-11,13H2,(H,28,29,33). The number of thiophene rings is 1. The van der Waals surface area contributed by atoms with E-state index in [4.69, 9.17) is 4.42 Å². The number of carbonyl (C=O) groups is 2. The molecule has 1 saturated carbocycles. The number of nitrogens with zero attached hydrogens (tertiary/aromatic N) is 4. The number of oxazole rings is 1. The summed E-state index contributed by atoms with van der Waals surface area (Å²) in [5, 5.41) is 2.90. The van der Waals surface area contributed by atoms with E-state index in [0.717, 1.165) is 24.1 Å². The number of aromatic nitrogens is 3. The lowest BCUT2D eigenvalue weighted by molar-refractivity contribution is -0.125. The number of anilines is 1. The third-order valence-corrected chi connectivity index (χ3v) is 8.12. The molecule has 3 aromatic heterocycles. The molecule has 0 bridgehead atoms. The molecule has 0 radical (unpaired) electrons. The van der Waals surface area contributed by atoms with Crippen molar-refractivity contribution in [3.63, 3.8) is 0 Å². The SMILES string of the molecule is C=CC(=O)N1CCC2(CC(n3c(NC(=O)c4ccc(-c5cnco5)s4)nc4cccc(F)c43)C2)C1. The van der Waals surface area contributed by atoms with Crippen molar-refractivity contribution in [3.8, 4) is 10.6 Å². The predicted molar refractivity (Wildman–Crippen MR) is 130 cm³/mol. The Kier molecular flexibility index (Phi) is 5.06. The molecule has 35 heavy (non-hydrogen) atoms. The van der Waals surface area contributed by atoms with Gasteiger partial charge in [-0.3, -0.25) is 14.9 Å². The first-order chi connectivity index (χ1) is 17.0. The number of rotatable bonds is 5. The van der Waals surface area contributed by atoms with E-state index in [1.54, 1.807) is 30.5 Å². The fourth-order valence-corrected chi connectivity index (χ4v) is 6.21. The molecule has 8 nitrogen and oxygen atoms in total. The highest BCUT2D eigenvalue weighted by Gasteiger charge is 2.50. The lowest BCUT2D eigenvalue weighted by Gasteiger charge is -2.46. The summed E-state index contributed by atoms with van der Waals surface area (Å²) >= 11 is 1.28. The molecule has 0 atom stereocenters. The molecular formula is C25H22FN5O3S. The van der Waals surface area contributed by atoms with Crippen LogP contribution in [0.1, 0.15) is 35.0 Å². The summed E-state index contributed by atoms with van der Waals surface area (Å²) < 4.78 is 22.1. The van der Waals surface area contributed by atoms with Crippen molar-refractivity contribution in [1.29, 1.82) is 0 Å². The summed E-state index contributed by atoms with van der Waals surface area (Å²) in [7, 11) is 0. The van der Waals surface area contributed by atoms with Gasteiger partial charge in [0.05, 0.1) is 21.5 Å². The first-order valence-corrected chi connectivity index (χ1v) is 12.2. The molecule has 1 aliphatic carbocycles. The Morgan fingerprint density at radius 3 is 2.91 bits per heavy atom. The number of hydrogen-bond acceptors (Lipinski definition) is 6. The maximum Gasteiger partial charge on any atom is 0.268 e. The molecule has 0 unspecified atom stereocenters. The third-order valence-electron chi connectivity index (χ3n) is 7.02. The van der Waals surface area contributed by atoms with Gasteiger partial charge in [-0.1, -0.05) is 12.6 Å². The number of likely N-dealkylation sites (tertiary alicyclic amines) is 1. The molecule has 2 amide bonds. The predicted octanol–water partition coefficient (Wildman–Crippen LogP) is 4.88. The second-order valence-electron chi connectivity index (χ2n) is 9.17. The Hall–Kier alpha value is -3.79. The van der Waals surface area contributed by atoms with E-state index in [0.29, 0.717) is 40.7 Å². The topological polar surface area (TPSA) is 93.3 Å². The quantitative estimate of drug-likeness (QED) is 0.402. The van der Waals surface area contributed by atoms with Gasteiger partial charge >= 0.3 is 0 Å². The normalized spacial score (nSPS) is 21.4. The maximum absolute atomic E-state index is 14.9. The minimum absolute atomic E-state index is 0.00615. The molecule has 4 heterocycles.